The second kappa shape index (κ2) is 6.28. The first kappa shape index (κ1) is 15.5. The van der Waals surface area contributed by atoms with Gasteiger partial charge in [-0.2, -0.15) is 0 Å². The number of ether oxygens (including phenoxy) is 1. The third-order valence-electron chi connectivity index (χ3n) is 3.57. The summed E-state index contributed by atoms with van der Waals surface area (Å²) in [5.74, 6) is 1.42. The van der Waals surface area contributed by atoms with Gasteiger partial charge in [0, 0.05) is 24.5 Å². The van der Waals surface area contributed by atoms with E-state index in [9.17, 15) is 4.79 Å². The van der Waals surface area contributed by atoms with E-state index in [0.29, 0.717) is 11.7 Å². The number of rotatable bonds is 3. The molecule has 2 heterocycles. The van der Waals surface area contributed by atoms with E-state index in [4.69, 9.17) is 4.74 Å². The number of piperidine rings is 1. The molecule has 1 N–H and O–H groups in total. The summed E-state index contributed by atoms with van der Waals surface area (Å²) in [6, 6.07) is 0.149. The Hall–Kier alpha value is -1.85. The lowest BCUT2D eigenvalue weighted by molar-refractivity contribution is -0.129. The van der Waals surface area contributed by atoms with Crippen LogP contribution in [0.3, 0.4) is 0 Å². The van der Waals surface area contributed by atoms with E-state index >= 15 is 0 Å². The summed E-state index contributed by atoms with van der Waals surface area (Å²) in [5, 5.41) is 3.12. The monoisotopic (exact) mass is 292 g/mol. The van der Waals surface area contributed by atoms with Gasteiger partial charge in [0.15, 0.2) is 5.75 Å². The van der Waals surface area contributed by atoms with Crippen molar-refractivity contribution in [3.63, 3.8) is 0 Å². The first-order chi connectivity index (χ1) is 9.90. The molecule has 21 heavy (non-hydrogen) atoms. The molecule has 0 radical (unpaired) electrons. The van der Waals surface area contributed by atoms with E-state index in [1.54, 1.807) is 19.5 Å². The number of nitrogens with one attached hydrogen (secondary N) is 1. The predicted octanol–water partition coefficient (Wildman–Crippen LogP) is 1.62. The number of carbonyl (C=O) groups is 1. The normalized spacial score (nSPS) is 19.2. The Morgan fingerprint density at radius 1 is 1.38 bits per heavy atom. The highest BCUT2D eigenvalue weighted by atomic mass is 16.5. The molecule has 1 aromatic heterocycles. The van der Waals surface area contributed by atoms with Crippen LogP contribution in [-0.4, -0.2) is 42.1 Å². The topological polar surface area (TPSA) is 67.3 Å². The smallest absolute Gasteiger partial charge is 0.225 e. The first-order valence-corrected chi connectivity index (χ1v) is 7.32. The molecular formula is C15H24N4O2. The van der Waals surface area contributed by atoms with Crippen molar-refractivity contribution in [3.8, 4) is 5.75 Å². The molecule has 2 rings (SSSR count). The van der Waals surface area contributed by atoms with Crippen LogP contribution in [0.1, 0.15) is 33.6 Å². The van der Waals surface area contributed by atoms with Crippen LogP contribution in [0.4, 0.5) is 5.95 Å². The van der Waals surface area contributed by atoms with Gasteiger partial charge in [-0.25, -0.2) is 9.97 Å². The van der Waals surface area contributed by atoms with Crippen LogP contribution in [-0.2, 0) is 4.79 Å². The van der Waals surface area contributed by atoms with Gasteiger partial charge in [-0.1, -0.05) is 20.8 Å². The van der Waals surface area contributed by atoms with Crippen LogP contribution in [0.5, 0.6) is 5.75 Å². The lowest BCUT2D eigenvalue weighted by Crippen LogP contribution is -2.50. The van der Waals surface area contributed by atoms with Crippen LogP contribution < -0.4 is 15.0 Å². The van der Waals surface area contributed by atoms with Gasteiger partial charge in [0.1, 0.15) is 0 Å². The molecule has 1 saturated heterocycles. The second-order valence-corrected chi connectivity index (χ2v) is 6.43. The summed E-state index contributed by atoms with van der Waals surface area (Å²) in [5.41, 5.74) is -0.362. The molecule has 1 fully saturated rings. The third-order valence-corrected chi connectivity index (χ3v) is 3.57. The first-order valence-electron chi connectivity index (χ1n) is 7.32. The number of hydrogen-bond acceptors (Lipinski definition) is 5. The molecule has 1 unspecified atom stereocenters. The highest BCUT2D eigenvalue weighted by Crippen LogP contribution is 2.19. The summed E-state index contributed by atoms with van der Waals surface area (Å²) < 4.78 is 5.07. The summed E-state index contributed by atoms with van der Waals surface area (Å²) in [6.45, 7) is 7.43. The van der Waals surface area contributed by atoms with Gasteiger partial charge in [-0.3, -0.25) is 4.79 Å². The standard InChI is InChI=1S/C15H24N4O2/c1-15(2,3)13(20)18-11-6-5-7-19(10-11)14-16-8-12(21-4)9-17-14/h8-9,11H,5-7,10H2,1-4H3,(H,18,20). The zero-order chi connectivity index (χ0) is 15.5. The number of amides is 1. The van der Waals surface area contributed by atoms with E-state index in [-0.39, 0.29) is 17.4 Å². The van der Waals surface area contributed by atoms with Crippen molar-refractivity contribution in [2.75, 3.05) is 25.1 Å². The number of hydrogen-bond donors (Lipinski definition) is 1. The molecular weight excluding hydrogens is 268 g/mol. The highest BCUT2D eigenvalue weighted by molar-refractivity contribution is 5.81. The fraction of sp³-hybridized carbons (Fsp3) is 0.667. The summed E-state index contributed by atoms with van der Waals surface area (Å²) in [4.78, 5) is 22.8. The zero-order valence-corrected chi connectivity index (χ0v) is 13.2. The van der Waals surface area contributed by atoms with Gasteiger partial charge < -0.3 is 15.0 Å². The zero-order valence-electron chi connectivity index (χ0n) is 13.2. The van der Waals surface area contributed by atoms with E-state index in [0.717, 1.165) is 25.9 Å². The second-order valence-electron chi connectivity index (χ2n) is 6.43. The average Bonchev–Trinajstić information content (AvgIpc) is 2.46. The molecule has 1 aliphatic heterocycles. The van der Waals surface area contributed by atoms with Crippen molar-refractivity contribution in [1.29, 1.82) is 0 Å². The largest absolute Gasteiger partial charge is 0.494 e. The maximum atomic E-state index is 12.1. The van der Waals surface area contributed by atoms with E-state index < -0.39 is 0 Å². The number of anilines is 1. The molecule has 0 aromatic carbocycles. The lowest BCUT2D eigenvalue weighted by atomic mass is 9.94. The van der Waals surface area contributed by atoms with Gasteiger partial charge >= 0.3 is 0 Å². The minimum absolute atomic E-state index is 0.0880. The summed E-state index contributed by atoms with van der Waals surface area (Å²) >= 11 is 0. The molecule has 116 valence electrons. The lowest BCUT2D eigenvalue weighted by Gasteiger charge is -2.34. The van der Waals surface area contributed by atoms with Gasteiger partial charge in [0.25, 0.3) is 0 Å². The maximum Gasteiger partial charge on any atom is 0.225 e. The molecule has 6 heteroatoms. The Bertz CT molecular complexity index is 481. The number of aromatic nitrogens is 2. The predicted molar refractivity (Wildman–Crippen MR) is 81.4 cm³/mol. The molecule has 1 aromatic rings. The van der Waals surface area contributed by atoms with Crippen molar-refractivity contribution in [1.82, 2.24) is 15.3 Å². The molecule has 1 amide bonds. The van der Waals surface area contributed by atoms with Crippen molar-refractivity contribution < 1.29 is 9.53 Å². The van der Waals surface area contributed by atoms with Gasteiger partial charge in [0.05, 0.1) is 19.5 Å². The molecule has 6 nitrogen and oxygen atoms in total. The molecule has 1 aliphatic rings. The van der Waals surface area contributed by atoms with E-state index in [2.05, 4.69) is 20.2 Å². The van der Waals surface area contributed by atoms with Crippen molar-refractivity contribution >= 4 is 11.9 Å². The summed E-state index contributed by atoms with van der Waals surface area (Å²) in [6.07, 6.45) is 5.35. The van der Waals surface area contributed by atoms with Gasteiger partial charge in [-0.05, 0) is 12.8 Å². The fourth-order valence-corrected chi connectivity index (χ4v) is 2.26. The van der Waals surface area contributed by atoms with E-state index in [1.807, 2.05) is 20.8 Å². The number of carbonyl (C=O) groups excluding carboxylic acids is 1. The number of methoxy groups -OCH3 is 1. The van der Waals surface area contributed by atoms with Crippen molar-refractivity contribution in [2.24, 2.45) is 5.41 Å². The molecule has 0 spiro atoms. The Labute approximate surface area is 125 Å². The minimum Gasteiger partial charge on any atom is -0.494 e. The van der Waals surface area contributed by atoms with Gasteiger partial charge in [-0.15, -0.1) is 0 Å². The molecule has 0 aliphatic carbocycles. The SMILES string of the molecule is COc1cnc(N2CCCC(NC(=O)C(C)(C)C)C2)nc1. The molecule has 1 atom stereocenters. The van der Waals surface area contributed by atoms with Gasteiger partial charge in [0.2, 0.25) is 11.9 Å². The third kappa shape index (κ3) is 4.06. The van der Waals surface area contributed by atoms with Crippen LogP contribution in [0.25, 0.3) is 0 Å². The number of nitrogens with zero attached hydrogens (tertiary/aromatic N) is 3. The molecule has 0 saturated carbocycles. The van der Waals surface area contributed by atoms with Crippen LogP contribution in [0, 0.1) is 5.41 Å². The van der Waals surface area contributed by atoms with Crippen LogP contribution in [0.2, 0.25) is 0 Å². The quantitative estimate of drug-likeness (QED) is 0.917. The Morgan fingerprint density at radius 3 is 2.62 bits per heavy atom. The van der Waals surface area contributed by atoms with Crippen molar-refractivity contribution in [2.45, 2.75) is 39.7 Å². The maximum absolute atomic E-state index is 12.1. The minimum atomic E-state index is -0.362. The Balaban J connectivity index is 1.98. The van der Waals surface area contributed by atoms with Crippen LogP contribution >= 0.6 is 0 Å². The average molecular weight is 292 g/mol. The highest BCUT2D eigenvalue weighted by Gasteiger charge is 2.27. The summed E-state index contributed by atoms with van der Waals surface area (Å²) in [7, 11) is 1.59. The fourth-order valence-electron chi connectivity index (χ4n) is 2.26. The van der Waals surface area contributed by atoms with E-state index in [1.165, 1.54) is 0 Å². The Kier molecular flexibility index (Phi) is 4.65. The Morgan fingerprint density at radius 2 is 2.05 bits per heavy atom. The van der Waals surface area contributed by atoms with Crippen molar-refractivity contribution in [3.05, 3.63) is 12.4 Å². The molecule has 0 bridgehead atoms. The van der Waals surface area contributed by atoms with Crippen LogP contribution in [0.15, 0.2) is 12.4 Å².